The summed E-state index contributed by atoms with van der Waals surface area (Å²) >= 11 is 4.51. The van der Waals surface area contributed by atoms with Gasteiger partial charge in [-0.2, -0.15) is 4.37 Å². The Bertz CT molecular complexity index is 722. The molecule has 3 heterocycles. The van der Waals surface area contributed by atoms with Crippen molar-refractivity contribution in [3.8, 4) is 0 Å². The Morgan fingerprint density at radius 3 is 2.95 bits per heavy atom. The molecule has 102 valence electrons. The van der Waals surface area contributed by atoms with Gasteiger partial charge >= 0.3 is 0 Å². The molecule has 0 spiro atoms. The number of nitrogens with zero attached hydrogens (tertiary/aromatic N) is 6. The number of hydrogen-bond acceptors (Lipinski definition) is 7. The van der Waals surface area contributed by atoms with Gasteiger partial charge in [-0.25, -0.2) is 4.98 Å². The van der Waals surface area contributed by atoms with Gasteiger partial charge < -0.3 is 4.57 Å². The van der Waals surface area contributed by atoms with Gasteiger partial charge in [0.25, 0.3) is 5.03 Å². The van der Waals surface area contributed by atoms with Crippen molar-refractivity contribution in [2.45, 2.75) is 21.4 Å². The highest BCUT2D eigenvalue weighted by atomic mass is 32.2. The van der Waals surface area contributed by atoms with Gasteiger partial charge in [0.15, 0.2) is 6.20 Å². The van der Waals surface area contributed by atoms with E-state index < -0.39 is 0 Å². The van der Waals surface area contributed by atoms with Crippen LogP contribution in [0.4, 0.5) is 0 Å². The Morgan fingerprint density at radius 2 is 2.25 bits per heavy atom. The summed E-state index contributed by atoms with van der Waals surface area (Å²) in [7, 11) is 1.93. The molecule has 0 bridgehead atoms. The maximum atomic E-state index is 4.37. The highest BCUT2D eigenvalue weighted by Gasteiger charge is 2.19. The second kappa shape index (κ2) is 5.90. The molecule has 20 heavy (non-hydrogen) atoms. The zero-order chi connectivity index (χ0) is 13.9. The molecule has 0 aliphatic rings. The average molecular weight is 323 g/mol. The Kier molecular flexibility index (Phi) is 3.99. The van der Waals surface area contributed by atoms with Crippen LogP contribution in [0.3, 0.4) is 0 Å². The van der Waals surface area contributed by atoms with Gasteiger partial charge in [0.1, 0.15) is 12.2 Å². The third-order valence-electron chi connectivity index (χ3n) is 2.34. The van der Waals surface area contributed by atoms with Crippen molar-refractivity contribution in [2.75, 3.05) is 0 Å². The van der Waals surface area contributed by atoms with Crippen LogP contribution in [0.2, 0.25) is 0 Å². The van der Waals surface area contributed by atoms with Crippen LogP contribution in [-0.2, 0) is 7.05 Å². The summed E-state index contributed by atoms with van der Waals surface area (Å²) in [6, 6.07) is 6.03. The van der Waals surface area contributed by atoms with E-state index in [9.17, 15) is 0 Å². The lowest BCUT2D eigenvalue weighted by Crippen LogP contribution is -2.27. The molecular weight excluding hydrogens is 312 g/mol. The lowest BCUT2D eigenvalue weighted by Gasteiger charge is -1.99. The molecule has 0 atom stereocenters. The van der Waals surface area contributed by atoms with E-state index in [4.69, 9.17) is 0 Å². The molecule has 0 aromatic carbocycles. The Hall–Kier alpha value is -1.45. The Balaban J connectivity index is 1.86. The van der Waals surface area contributed by atoms with Gasteiger partial charge in [-0.3, -0.25) is 0 Å². The molecule has 3 aromatic rings. The topological polar surface area (TPSA) is 60.4 Å². The molecule has 6 nitrogen and oxygen atoms in total. The number of rotatable bonds is 4. The fourth-order valence-corrected chi connectivity index (χ4v) is 3.95. The Morgan fingerprint density at radius 1 is 1.35 bits per heavy atom. The van der Waals surface area contributed by atoms with Gasteiger partial charge in [0.2, 0.25) is 21.4 Å². The first-order valence-electron chi connectivity index (χ1n) is 5.73. The number of aryl methyl sites for hydroxylation is 2. The van der Waals surface area contributed by atoms with E-state index in [-0.39, 0.29) is 0 Å². The standard InChI is InChI=1S/C11H11N6S3/c1-8-13-11(19-15-8)20-17-6-4-3-5-9(17)18-10-14-12-7-16(10)2/h3-7H,1-2H3/q+1. The van der Waals surface area contributed by atoms with E-state index in [0.717, 1.165) is 20.3 Å². The highest BCUT2D eigenvalue weighted by Crippen LogP contribution is 2.25. The summed E-state index contributed by atoms with van der Waals surface area (Å²) in [4.78, 5) is 4.37. The third-order valence-corrected chi connectivity index (χ3v) is 5.36. The molecule has 0 radical (unpaired) electrons. The van der Waals surface area contributed by atoms with Gasteiger partial charge in [-0.05, 0) is 24.5 Å². The largest absolute Gasteiger partial charge is 0.311 e. The monoisotopic (exact) mass is 323 g/mol. The van der Waals surface area contributed by atoms with Crippen molar-refractivity contribution in [1.29, 1.82) is 0 Å². The second-order valence-electron chi connectivity index (χ2n) is 3.89. The van der Waals surface area contributed by atoms with Gasteiger partial charge in [-0.15, -0.1) is 14.2 Å². The summed E-state index contributed by atoms with van der Waals surface area (Å²) in [6.07, 6.45) is 3.69. The average Bonchev–Trinajstić information content (AvgIpc) is 3.02. The predicted octanol–water partition coefficient (Wildman–Crippen LogP) is 1.97. The molecule has 0 saturated heterocycles. The maximum Gasteiger partial charge on any atom is 0.261 e. The van der Waals surface area contributed by atoms with Crippen LogP contribution in [0.25, 0.3) is 0 Å². The fraction of sp³-hybridized carbons (Fsp3) is 0.182. The molecule has 0 aliphatic carbocycles. The molecule has 3 aromatic heterocycles. The van der Waals surface area contributed by atoms with Crippen LogP contribution in [0.15, 0.2) is 45.2 Å². The first kappa shape index (κ1) is 13.5. The van der Waals surface area contributed by atoms with E-state index in [1.54, 1.807) is 30.0 Å². The molecule has 0 unspecified atom stereocenters. The van der Waals surface area contributed by atoms with Crippen LogP contribution >= 0.6 is 35.2 Å². The summed E-state index contributed by atoms with van der Waals surface area (Å²) < 4.78 is 9.06. The molecule has 0 amide bonds. The van der Waals surface area contributed by atoms with Crippen molar-refractivity contribution in [2.24, 2.45) is 7.05 Å². The molecule has 0 N–H and O–H groups in total. The van der Waals surface area contributed by atoms with Gasteiger partial charge in [0.05, 0.1) is 0 Å². The van der Waals surface area contributed by atoms with Crippen LogP contribution in [0.5, 0.6) is 0 Å². The molecule has 0 aliphatic heterocycles. The van der Waals surface area contributed by atoms with E-state index in [0.29, 0.717) is 0 Å². The van der Waals surface area contributed by atoms with Crippen LogP contribution in [-0.4, -0.2) is 24.1 Å². The smallest absolute Gasteiger partial charge is 0.261 e. The number of pyridine rings is 1. The fourth-order valence-electron chi connectivity index (χ4n) is 1.42. The van der Waals surface area contributed by atoms with E-state index in [1.165, 1.54) is 11.5 Å². The third kappa shape index (κ3) is 3.00. The summed E-state index contributed by atoms with van der Waals surface area (Å²) in [5.74, 6) is 0.802. The van der Waals surface area contributed by atoms with Crippen LogP contribution in [0, 0.1) is 6.92 Å². The van der Waals surface area contributed by atoms with Gasteiger partial charge in [0, 0.05) is 30.9 Å². The minimum atomic E-state index is 0.802. The van der Waals surface area contributed by atoms with E-state index in [1.807, 2.05) is 42.9 Å². The quantitative estimate of drug-likeness (QED) is 0.684. The lowest BCUT2D eigenvalue weighted by atomic mass is 10.5. The summed E-state index contributed by atoms with van der Waals surface area (Å²) in [5, 5.41) is 9.89. The van der Waals surface area contributed by atoms with Crippen LogP contribution in [0.1, 0.15) is 5.82 Å². The molecule has 0 saturated carbocycles. The minimum Gasteiger partial charge on any atom is -0.311 e. The first-order valence-corrected chi connectivity index (χ1v) is 8.10. The molecule has 3 rings (SSSR count). The highest BCUT2D eigenvalue weighted by molar-refractivity contribution is 7.99. The molecule has 9 heteroatoms. The van der Waals surface area contributed by atoms with Crippen molar-refractivity contribution < 1.29 is 3.97 Å². The zero-order valence-electron chi connectivity index (χ0n) is 10.8. The SMILES string of the molecule is Cc1nsc(S[n+]2ccccc2Sc2nncn2C)n1. The second-order valence-corrected chi connectivity index (χ2v) is 6.85. The van der Waals surface area contributed by atoms with Crippen molar-refractivity contribution in [3.63, 3.8) is 0 Å². The van der Waals surface area contributed by atoms with Crippen molar-refractivity contribution in [3.05, 3.63) is 36.5 Å². The number of hydrogen-bond donors (Lipinski definition) is 0. The van der Waals surface area contributed by atoms with E-state index >= 15 is 0 Å². The number of aromatic nitrogens is 6. The van der Waals surface area contributed by atoms with Crippen molar-refractivity contribution >= 4 is 35.2 Å². The molecular formula is C11H11N6S3+. The zero-order valence-corrected chi connectivity index (χ0v) is 13.2. The van der Waals surface area contributed by atoms with Crippen LogP contribution < -0.4 is 3.97 Å². The van der Waals surface area contributed by atoms with E-state index in [2.05, 4.69) is 23.5 Å². The first-order chi connectivity index (χ1) is 9.72. The van der Waals surface area contributed by atoms with Gasteiger partial charge in [-0.1, -0.05) is 0 Å². The molecule has 0 fully saturated rings. The summed E-state index contributed by atoms with van der Waals surface area (Å²) in [6.45, 7) is 1.89. The summed E-state index contributed by atoms with van der Waals surface area (Å²) in [5.41, 5.74) is 0. The normalized spacial score (nSPS) is 10.9. The minimum absolute atomic E-state index is 0.802. The lowest BCUT2D eigenvalue weighted by molar-refractivity contribution is -0.539. The maximum absolute atomic E-state index is 4.37. The van der Waals surface area contributed by atoms with Crippen molar-refractivity contribution in [1.82, 2.24) is 24.1 Å². The predicted molar refractivity (Wildman–Crippen MR) is 77.7 cm³/mol. The Labute approximate surface area is 128 Å².